The van der Waals surface area contributed by atoms with Crippen molar-refractivity contribution in [3.05, 3.63) is 49.6 Å². The van der Waals surface area contributed by atoms with Gasteiger partial charge in [0.25, 0.3) is 5.91 Å². The first-order valence-electron chi connectivity index (χ1n) is 16.0. The van der Waals surface area contributed by atoms with E-state index in [4.69, 9.17) is 4.74 Å². The number of fused-ring (bicyclic) bond motifs is 1. The van der Waals surface area contributed by atoms with Gasteiger partial charge in [-0.15, -0.1) is 13.2 Å². The van der Waals surface area contributed by atoms with Gasteiger partial charge in [0.2, 0.25) is 11.8 Å². The van der Waals surface area contributed by atoms with Crippen LogP contribution in [-0.2, 0) is 19.1 Å². The third-order valence-electron chi connectivity index (χ3n) is 9.76. The zero-order valence-electron chi connectivity index (χ0n) is 26.5. The van der Waals surface area contributed by atoms with E-state index in [9.17, 15) is 19.5 Å². The Morgan fingerprint density at radius 1 is 1.02 bits per heavy atom. The fraction of sp³-hybridized carbons (Fsp3) is 0.618. The molecule has 3 saturated heterocycles. The van der Waals surface area contributed by atoms with Crippen LogP contribution in [0.2, 0.25) is 0 Å². The molecule has 0 saturated carbocycles. The average Bonchev–Trinajstić information content (AvgIpc) is 3.62. The van der Waals surface area contributed by atoms with Gasteiger partial charge < -0.3 is 29.4 Å². The van der Waals surface area contributed by atoms with Crippen molar-refractivity contribution >= 4 is 29.1 Å². The van der Waals surface area contributed by atoms with Crippen molar-refractivity contribution in [2.45, 2.75) is 77.0 Å². The summed E-state index contributed by atoms with van der Waals surface area (Å²) < 4.78 is 6.94. The van der Waals surface area contributed by atoms with Gasteiger partial charge in [0.1, 0.15) is 11.6 Å². The molecule has 9 nitrogen and oxygen atoms in total. The van der Waals surface area contributed by atoms with Gasteiger partial charge in [0.05, 0.1) is 17.4 Å². The van der Waals surface area contributed by atoms with Crippen LogP contribution in [0.15, 0.2) is 49.6 Å². The molecular weight excluding hydrogens is 544 g/mol. The second-order valence-electron chi connectivity index (χ2n) is 11.9. The summed E-state index contributed by atoms with van der Waals surface area (Å²) >= 11 is 0. The highest BCUT2D eigenvalue weighted by atomic mass is 16.5. The van der Waals surface area contributed by atoms with Crippen LogP contribution in [-0.4, -0.2) is 95.7 Å². The number of anilines is 2. The lowest BCUT2D eigenvalue weighted by Gasteiger charge is -2.37. The van der Waals surface area contributed by atoms with Crippen molar-refractivity contribution < 1.29 is 24.2 Å². The second-order valence-corrected chi connectivity index (χ2v) is 11.9. The Morgan fingerprint density at radius 3 is 2.23 bits per heavy atom. The molecule has 2 bridgehead atoms. The van der Waals surface area contributed by atoms with Crippen LogP contribution < -0.4 is 9.80 Å². The summed E-state index contributed by atoms with van der Waals surface area (Å²) in [7, 11) is 0. The Kier molecular flexibility index (Phi) is 10.4. The van der Waals surface area contributed by atoms with Crippen molar-refractivity contribution in [3.8, 4) is 0 Å². The summed E-state index contributed by atoms with van der Waals surface area (Å²) in [6.45, 7) is 19.0. The maximum absolute atomic E-state index is 14.7. The number of nitrogens with zero attached hydrogens (tertiary/aromatic N) is 4. The van der Waals surface area contributed by atoms with Crippen LogP contribution in [0.1, 0.15) is 59.8 Å². The molecule has 2 unspecified atom stereocenters. The normalized spacial score (nSPS) is 27.2. The number of aliphatic hydroxyl groups excluding tert-OH is 1. The summed E-state index contributed by atoms with van der Waals surface area (Å²) in [4.78, 5) is 50.6. The van der Waals surface area contributed by atoms with Gasteiger partial charge in [-0.1, -0.05) is 26.0 Å². The van der Waals surface area contributed by atoms with Gasteiger partial charge in [-0.25, -0.2) is 0 Å². The number of ether oxygens (including phenoxy) is 1. The number of likely N-dealkylation sites (tertiary alicyclic amines) is 1. The van der Waals surface area contributed by atoms with Crippen LogP contribution in [0.5, 0.6) is 0 Å². The minimum absolute atomic E-state index is 0.103. The lowest BCUT2D eigenvalue weighted by atomic mass is 9.64. The highest BCUT2D eigenvalue weighted by molar-refractivity contribution is 6.05. The van der Waals surface area contributed by atoms with Crippen molar-refractivity contribution in [3.63, 3.8) is 0 Å². The van der Waals surface area contributed by atoms with Gasteiger partial charge in [-0.05, 0) is 70.2 Å². The van der Waals surface area contributed by atoms with Crippen LogP contribution in [0.4, 0.5) is 11.4 Å². The van der Waals surface area contributed by atoms with Crippen LogP contribution in [0.25, 0.3) is 0 Å². The average molecular weight is 595 g/mol. The molecule has 1 spiro atoms. The van der Waals surface area contributed by atoms with E-state index in [-0.39, 0.29) is 37.4 Å². The third kappa shape index (κ3) is 5.50. The largest absolute Gasteiger partial charge is 0.396 e. The summed E-state index contributed by atoms with van der Waals surface area (Å²) in [6.07, 6.45) is 6.21. The predicted octanol–water partition coefficient (Wildman–Crippen LogP) is 4.01. The highest BCUT2D eigenvalue weighted by Crippen LogP contribution is 2.64. The molecular formula is C34H50N4O5. The molecule has 5 atom stereocenters. The summed E-state index contributed by atoms with van der Waals surface area (Å²) in [5.74, 6) is -2.03. The number of amides is 3. The summed E-state index contributed by atoms with van der Waals surface area (Å²) in [5.41, 5.74) is -0.145. The molecule has 4 rings (SSSR count). The van der Waals surface area contributed by atoms with Gasteiger partial charge in [0, 0.05) is 57.3 Å². The first kappa shape index (κ1) is 32.7. The van der Waals surface area contributed by atoms with E-state index in [0.29, 0.717) is 44.5 Å². The fourth-order valence-corrected chi connectivity index (χ4v) is 7.80. The smallest absolute Gasteiger partial charge is 0.253 e. The molecule has 236 valence electrons. The van der Waals surface area contributed by atoms with Crippen molar-refractivity contribution in [2.24, 2.45) is 11.8 Å². The lowest BCUT2D eigenvalue weighted by Crippen LogP contribution is -2.56. The summed E-state index contributed by atoms with van der Waals surface area (Å²) in [5, 5.41) is 9.71. The Balaban J connectivity index is 1.78. The molecule has 3 amide bonds. The number of rotatable bonds is 16. The van der Waals surface area contributed by atoms with Gasteiger partial charge >= 0.3 is 0 Å². The van der Waals surface area contributed by atoms with E-state index < -0.39 is 29.1 Å². The zero-order valence-corrected chi connectivity index (χ0v) is 26.5. The van der Waals surface area contributed by atoms with Crippen LogP contribution in [0, 0.1) is 11.8 Å². The van der Waals surface area contributed by atoms with Crippen LogP contribution >= 0.6 is 0 Å². The molecule has 1 aromatic rings. The first-order valence-corrected chi connectivity index (χ1v) is 16.0. The molecule has 43 heavy (non-hydrogen) atoms. The molecule has 0 radical (unpaired) electrons. The van der Waals surface area contributed by atoms with E-state index in [1.165, 1.54) is 0 Å². The number of hydrogen-bond acceptors (Lipinski definition) is 6. The van der Waals surface area contributed by atoms with Gasteiger partial charge in [-0.2, -0.15) is 0 Å². The van der Waals surface area contributed by atoms with E-state index in [0.717, 1.165) is 25.2 Å². The molecule has 3 aliphatic heterocycles. The lowest BCUT2D eigenvalue weighted by molar-refractivity contribution is -0.151. The molecule has 0 aromatic heterocycles. The van der Waals surface area contributed by atoms with Gasteiger partial charge in [0.15, 0.2) is 0 Å². The number of carbonyl (C=O) groups is 3. The molecule has 3 fully saturated rings. The number of benzene rings is 1. The summed E-state index contributed by atoms with van der Waals surface area (Å²) in [6, 6.07) is 6.98. The maximum Gasteiger partial charge on any atom is 0.253 e. The van der Waals surface area contributed by atoms with Crippen molar-refractivity contribution in [2.75, 3.05) is 55.7 Å². The first-order chi connectivity index (χ1) is 20.7. The van der Waals surface area contributed by atoms with Crippen molar-refractivity contribution in [1.82, 2.24) is 9.80 Å². The number of aliphatic hydroxyl groups is 1. The Morgan fingerprint density at radius 2 is 1.67 bits per heavy atom. The molecule has 3 aliphatic rings. The monoisotopic (exact) mass is 594 g/mol. The second kappa shape index (κ2) is 13.6. The number of hydrogen-bond donors (Lipinski definition) is 1. The number of carbonyl (C=O) groups excluding carboxylic acids is 3. The predicted molar refractivity (Wildman–Crippen MR) is 170 cm³/mol. The van der Waals surface area contributed by atoms with Crippen molar-refractivity contribution in [1.29, 1.82) is 0 Å². The molecule has 0 aliphatic carbocycles. The third-order valence-corrected chi connectivity index (χ3v) is 9.76. The minimum atomic E-state index is -1.12. The zero-order chi connectivity index (χ0) is 31.4. The van der Waals surface area contributed by atoms with E-state index >= 15 is 0 Å². The van der Waals surface area contributed by atoms with E-state index in [1.54, 1.807) is 26.9 Å². The minimum Gasteiger partial charge on any atom is -0.396 e. The molecule has 1 N–H and O–H groups in total. The van der Waals surface area contributed by atoms with Crippen LogP contribution in [0.3, 0.4) is 0 Å². The highest BCUT2D eigenvalue weighted by Gasteiger charge is 2.79. The maximum atomic E-state index is 14.7. The fourth-order valence-electron chi connectivity index (χ4n) is 7.80. The standard InChI is InChI=1S/C34H50N4O5/c1-7-20-36(21-8-2)30(40)27-28-31(41)38(23-13-24-39)29(34(28)19-18-33(27,10-4)43-34)32(42)37(22-9-3)26-16-14-25(15-17-26)35(11-5)12-6/h7,9,14-17,27-29,39H,1,3,8,10-13,18-24H2,2,4-6H3/t27-,28+,29?,33+,34?/m1/s1. The SMILES string of the molecule is C=CCN(CCC)C(=O)[C@H]1[C@H]2C(=O)N(CCCO)C(C(=O)N(CC=C)c3ccc(N(CC)CC)cc3)C23CC[C@]1(CC)O3. The van der Waals surface area contributed by atoms with Gasteiger partial charge in [-0.3, -0.25) is 14.4 Å². The molecule has 3 heterocycles. The Hall–Kier alpha value is -3.17. The Bertz CT molecular complexity index is 1180. The van der Waals surface area contributed by atoms with E-state index in [2.05, 4.69) is 31.9 Å². The molecule has 1 aromatic carbocycles. The quantitative estimate of drug-likeness (QED) is 0.291. The topological polar surface area (TPSA) is 93.6 Å². The van der Waals surface area contributed by atoms with E-state index in [1.807, 2.05) is 38.1 Å². The molecule has 9 heteroatoms. The Labute approximate surface area is 257 Å².